The van der Waals surface area contributed by atoms with Crippen LogP contribution in [0.4, 0.5) is 17.6 Å². The number of benzene rings is 1. The van der Waals surface area contributed by atoms with Gasteiger partial charge in [-0.2, -0.15) is 13.2 Å². The zero-order valence-electron chi connectivity index (χ0n) is 10.1. The third-order valence-electron chi connectivity index (χ3n) is 2.54. The number of alkyl halides is 4. The average Bonchev–Trinajstić information content (AvgIpc) is 2.86. The molecule has 0 N–H and O–H groups in total. The first-order valence-corrected chi connectivity index (χ1v) is 5.87. The Kier molecular flexibility index (Phi) is 3.89. The van der Waals surface area contributed by atoms with Crippen molar-refractivity contribution in [3.63, 3.8) is 0 Å². The zero-order chi connectivity index (χ0) is 14.9. The number of aromatic nitrogens is 1. The molecule has 1 heterocycles. The van der Waals surface area contributed by atoms with Crippen LogP contribution >= 0.6 is 11.6 Å². The second kappa shape index (κ2) is 5.32. The van der Waals surface area contributed by atoms with Crippen LogP contribution in [0.25, 0.3) is 11.3 Å². The molecule has 0 aliphatic heterocycles. The molecule has 0 saturated heterocycles. The van der Waals surface area contributed by atoms with Crippen molar-refractivity contribution in [1.82, 2.24) is 5.16 Å². The van der Waals surface area contributed by atoms with Gasteiger partial charge in [0.15, 0.2) is 17.3 Å². The highest BCUT2D eigenvalue weighted by Gasteiger charge is 2.36. The Morgan fingerprint density at radius 3 is 2.50 bits per heavy atom. The molecule has 0 aliphatic carbocycles. The minimum atomic E-state index is -4.84. The Labute approximate surface area is 116 Å². The maximum atomic E-state index is 13.6. The monoisotopic (exact) mass is 309 g/mol. The minimum Gasteiger partial charge on any atom is -0.494 e. The highest BCUT2D eigenvalue weighted by Crippen LogP contribution is 2.38. The van der Waals surface area contributed by atoms with E-state index < -0.39 is 23.3 Å². The van der Waals surface area contributed by atoms with Crippen LogP contribution in [0.2, 0.25) is 0 Å². The number of nitrogens with zero attached hydrogens (tertiary/aromatic N) is 1. The first kappa shape index (κ1) is 14.6. The van der Waals surface area contributed by atoms with Crippen molar-refractivity contribution in [2.45, 2.75) is 12.1 Å². The van der Waals surface area contributed by atoms with Gasteiger partial charge in [-0.25, -0.2) is 4.39 Å². The summed E-state index contributed by atoms with van der Waals surface area (Å²) in [4.78, 5) is 0. The first-order valence-electron chi connectivity index (χ1n) is 5.33. The molecular formula is C12H8ClF4NO2. The van der Waals surface area contributed by atoms with Gasteiger partial charge in [0, 0.05) is 11.6 Å². The summed E-state index contributed by atoms with van der Waals surface area (Å²) in [5.41, 5.74) is -1.08. The van der Waals surface area contributed by atoms with E-state index in [1.54, 1.807) is 0 Å². The summed E-state index contributed by atoms with van der Waals surface area (Å²) < 4.78 is 61.4. The van der Waals surface area contributed by atoms with Crippen LogP contribution in [0, 0.1) is 5.82 Å². The highest BCUT2D eigenvalue weighted by molar-refractivity contribution is 6.16. The van der Waals surface area contributed by atoms with Gasteiger partial charge < -0.3 is 9.26 Å². The lowest BCUT2D eigenvalue weighted by atomic mass is 10.1. The molecule has 0 aliphatic rings. The molecule has 0 spiro atoms. The number of hydrogen-bond acceptors (Lipinski definition) is 3. The van der Waals surface area contributed by atoms with E-state index in [0.717, 1.165) is 13.2 Å². The van der Waals surface area contributed by atoms with Gasteiger partial charge in [-0.15, -0.1) is 11.6 Å². The summed E-state index contributed by atoms with van der Waals surface area (Å²) in [6.45, 7) is 0. The number of ether oxygens (including phenoxy) is 1. The summed E-state index contributed by atoms with van der Waals surface area (Å²) >= 11 is 5.53. The molecule has 0 bridgehead atoms. The molecule has 108 valence electrons. The van der Waals surface area contributed by atoms with Crippen LogP contribution < -0.4 is 4.74 Å². The van der Waals surface area contributed by atoms with Crippen LogP contribution in [-0.2, 0) is 12.1 Å². The van der Waals surface area contributed by atoms with E-state index in [2.05, 4.69) is 9.89 Å². The smallest absolute Gasteiger partial charge is 0.419 e. The lowest BCUT2D eigenvalue weighted by Crippen LogP contribution is -2.09. The van der Waals surface area contributed by atoms with E-state index in [-0.39, 0.29) is 17.2 Å². The molecule has 1 aromatic heterocycles. The molecule has 0 unspecified atom stereocenters. The molecule has 2 aromatic rings. The Morgan fingerprint density at radius 2 is 2.00 bits per heavy atom. The number of methoxy groups -OCH3 is 1. The summed E-state index contributed by atoms with van der Waals surface area (Å²) in [7, 11) is 1.08. The molecule has 3 nitrogen and oxygen atoms in total. The second-order valence-corrected chi connectivity index (χ2v) is 4.12. The lowest BCUT2D eigenvalue weighted by molar-refractivity contribution is -0.140. The molecule has 0 radical (unpaired) electrons. The predicted molar refractivity (Wildman–Crippen MR) is 63.0 cm³/mol. The van der Waals surface area contributed by atoms with Crippen molar-refractivity contribution in [2.75, 3.05) is 7.11 Å². The topological polar surface area (TPSA) is 35.3 Å². The number of hydrogen-bond donors (Lipinski definition) is 0. The van der Waals surface area contributed by atoms with Crippen molar-refractivity contribution in [3.05, 3.63) is 35.3 Å². The molecule has 0 fully saturated rings. The second-order valence-electron chi connectivity index (χ2n) is 3.85. The summed E-state index contributed by atoms with van der Waals surface area (Å²) in [6, 6.07) is 3.11. The van der Waals surface area contributed by atoms with Gasteiger partial charge in [-0.05, 0) is 12.1 Å². The maximum absolute atomic E-state index is 13.6. The normalized spacial score (nSPS) is 11.7. The van der Waals surface area contributed by atoms with Gasteiger partial charge in [0.25, 0.3) is 0 Å². The molecule has 1 aromatic carbocycles. The Hall–Kier alpha value is -1.76. The minimum absolute atomic E-state index is 0.000517. The molecule has 20 heavy (non-hydrogen) atoms. The van der Waals surface area contributed by atoms with Crippen molar-refractivity contribution < 1.29 is 26.8 Å². The fraction of sp³-hybridized carbons (Fsp3) is 0.250. The summed E-state index contributed by atoms with van der Waals surface area (Å²) in [5.74, 6) is -1.91. The maximum Gasteiger partial charge on any atom is 0.419 e. The van der Waals surface area contributed by atoms with Gasteiger partial charge in [-0.3, -0.25) is 0 Å². The van der Waals surface area contributed by atoms with Gasteiger partial charge in [0.05, 0.1) is 24.2 Å². The van der Waals surface area contributed by atoms with E-state index in [0.29, 0.717) is 11.8 Å². The van der Waals surface area contributed by atoms with Crippen molar-refractivity contribution in [2.24, 2.45) is 0 Å². The van der Waals surface area contributed by atoms with E-state index in [9.17, 15) is 17.6 Å². The summed E-state index contributed by atoms with van der Waals surface area (Å²) in [5, 5.41) is 3.56. The van der Waals surface area contributed by atoms with Crippen LogP contribution in [0.1, 0.15) is 11.3 Å². The Morgan fingerprint density at radius 1 is 1.30 bits per heavy atom. The van der Waals surface area contributed by atoms with Crippen molar-refractivity contribution in [3.8, 4) is 17.1 Å². The standard InChI is InChI=1S/C12H8ClF4NO2/c1-19-10-3-6(9-4-7(5-13)18-20-9)2-8(11(10)14)12(15,16)17/h2-4H,5H2,1H3. The fourth-order valence-corrected chi connectivity index (χ4v) is 1.73. The van der Waals surface area contributed by atoms with Crippen LogP contribution in [0.15, 0.2) is 22.7 Å². The molecular weight excluding hydrogens is 302 g/mol. The largest absolute Gasteiger partial charge is 0.494 e. The number of halogens is 5. The van der Waals surface area contributed by atoms with Crippen LogP contribution in [0.3, 0.4) is 0 Å². The lowest BCUT2D eigenvalue weighted by Gasteiger charge is -2.12. The third kappa shape index (κ3) is 2.72. The van der Waals surface area contributed by atoms with E-state index >= 15 is 0 Å². The van der Waals surface area contributed by atoms with Gasteiger partial charge in [-0.1, -0.05) is 5.16 Å². The molecule has 0 atom stereocenters. The van der Waals surface area contributed by atoms with E-state index in [1.807, 2.05) is 0 Å². The van der Waals surface area contributed by atoms with Gasteiger partial charge in [0.1, 0.15) is 0 Å². The van der Waals surface area contributed by atoms with Crippen molar-refractivity contribution in [1.29, 1.82) is 0 Å². The van der Waals surface area contributed by atoms with E-state index in [1.165, 1.54) is 6.07 Å². The molecule has 0 amide bonds. The van der Waals surface area contributed by atoms with Gasteiger partial charge >= 0.3 is 6.18 Å². The molecule has 8 heteroatoms. The first-order chi connectivity index (χ1) is 9.36. The molecule has 0 saturated carbocycles. The van der Waals surface area contributed by atoms with Crippen LogP contribution in [-0.4, -0.2) is 12.3 Å². The fourth-order valence-electron chi connectivity index (χ4n) is 1.61. The summed E-state index contributed by atoms with van der Waals surface area (Å²) in [6.07, 6.45) is -4.84. The van der Waals surface area contributed by atoms with Crippen LogP contribution in [0.5, 0.6) is 5.75 Å². The Balaban J connectivity index is 2.59. The quantitative estimate of drug-likeness (QED) is 0.628. The average molecular weight is 310 g/mol. The highest BCUT2D eigenvalue weighted by atomic mass is 35.5. The SMILES string of the molecule is COc1cc(-c2cc(CCl)no2)cc(C(F)(F)F)c1F. The van der Waals surface area contributed by atoms with Gasteiger partial charge in [0.2, 0.25) is 0 Å². The zero-order valence-corrected chi connectivity index (χ0v) is 10.8. The van der Waals surface area contributed by atoms with E-state index in [4.69, 9.17) is 16.1 Å². The third-order valence-corrected chi connectivity index (χ3v) is 2.82. The molecule has 2 rings (SSSR count). The predicted octanol–water partition coefficient (Wildman–Crippen LogP) is 4.25. The number of rotatable bonds is 3. The van der Waals surface area contributed by atoms with Crippen molar-refractivity contribution >= 4 is 11.6 Å². The Bertz CT molecular complexity index is 624.